The standard InChI is InChI=1S/C6H12N2/c1-2-4-6-8-7-5-3-1/h1,3,7-8H,2,4-6H2/b3-1-. The first-order valence-corrected chi connectivity index (χ1v) is 3.11. The molecule has 1 aliphatic rings. The Kier molecular flexibility index (Phi) is 2.63. The fourth-order valence-electron chi connectivity index (χ4n) is 0.729. The summed E-state index contributed by atoms with van der Waals surface area (Å²) in [6.45, 7) is 2.05. The first-order valence-electron chi connectivity index (χ1n) is 3.11. The van der Waals surface area contributed by atoms with Crippen LogP contribution in [-0.4, -0.2) is 13.1 Å². The highest BCUT2D eigenvalue weighted by Gasteiger charge is 1.86. The summed E-state index contributed by atoms with van der Waals surface area (Å²) in [5.41, 5.74) is 6.14. The van der Waals surface area contributed by atoms with Gasteiger partial charge in [0.2, 0.25) is 0 Å². The van der Waals surface area contributed by atoms with Crippen LogP contribution in [0.2, 0.25) is 0 Å². The first-order chi connectivity index (χ1) is 4.00. The maximum absolute atomic E-state index is 3.09. The van der Waals surface area contributed by atoms with Crippen molar-refractivity contribution in [3.63, 3.8) is 0 Å². The van der Waals surface area contributed by atoms with Gasteiger partial charge in [-0.05, 0) is 12.8 Å². The van der Waals surface area contributed by atoms with Gasteiger partial charge in [0.05, 0.1) is 0 Å². The fourth-order valence-corrected chi connectivity index (χ4v) is 0.729. The summed E-state index contributed by atoms with van der Waals surface area (Å²) in [5.74, 6) is 0. The molecule has 8 heavy (non-hydrogen) atoms. The Morgan fingerprint density at radius 1 is 1.12 bits per heavy atom. The second kappa shape index (κ2) is 3.64. The molecule has 0 unspecified atom stereocenters. The molecule has 0 saturated carbocycles. The molecular formula is C6H12N2. The van der Waals surface area contributed by atoms with Gasteiger partial charge in [0.1, 0.15) is 0 Å². The molecule has 0 aromatic carbocycles. The van der Waals surface area contributed by atoms with E-state index in [0.717, 1.165) is 13.1 Å². The third-order valence-corrected chi connectivity index (χ3v) is 1.18. The maximum atomic E-state index is 3.09. The van der Waals surface area contributed by atoms with Crippen LogP contribution in [0.3, 0.4) is 0 Å². The highest BCUT2D eigenvalue weighted by atomic mass is 15.3. The van der Waals surface area contributed by atoms with Crippen molar-refractivity contribution in [2.24, 2.45) is 0 Å². The first kappa shape index (κ1) is 5.79. The smallest absolute Gasteiger partial charge is 0.0280 e. The lowest BCUT2D eigenvalue weighted by Crippen LogP contribution is -2.33. The number of rotatable bonds is 0. The molecule has 0 aromatic heterocycles. The number of hydrogen-bond acceptors (Lipinski definition) is 2. The van der Waals surface area contributed by atoms with Crippen molar-refractivity contribution >= 4 is 0 Å². The van der Waals surface area contributed by atoms with E-state index in [1.165, 1.54) is 12.8 Å². The van der Waals surface area contributed by atoms with Crippen LogP contribution >= 0.6 is 0 Å². The Morgan fingerprint density at radius 2 is 2.12 bits per heavy atom. The van der Waals surface area contributed by atoms with E-state index in [-0.39, 0.29) is 0 Å². The fraction of sp³-hybridized carbons (Fsp3) is 0.667. The third-order valence-electron chi connectivity index (χ3n) is 1.18. The Hall–Kier alpha value is -0.340. The third kappa shape index (κ3) is 2.09. The zero-order chi connectivity index (χ0) is 5.66. The Bertz CT molecular complexity index is 68.6. The summed E-state index contributed by atoms with van der Waals surface area (Å²) in [7, 11) is 0. The molecule has 0 saturated heterocycles. The molecule has 0 aliphatic carbocycles. The van der Waals surface area contributed by atoms with Gasteiger partial charge in [-0.1, -0.05) is 12.2 Å². The lowest BCUT2D eigenvalue weighted by molar-refractivity contribution is 0.544. The second-order valence-electron chi connectivity index (χ2n) is 1.92. The van der Waals surface area contributed by atoms with E-state index in [1.807, 2.05) is 0 Å². The topological polar surface area (TPSA) is 24.1 Å². The minimum Gasteiger partial charge on any atom is -0.258 e. The van der Waals surface area contributed by atoms with Gasteiger partial charge >= 0.3 is 0 Å². The van der Waals surface area contributed by atoms with Gasteiger partial charge in [-0.3, -0.25) is 10.9 Å². The molecule has 0 radical (unpaired) electrons. The molecule has 0 atom stereocenters. The van der Waals surface area contributed by atoms with Crippen LogP contribution in [0.25, 0.3) is 0 Å². The zero-order valence-corrected chi connectivity index (χ0v) is 4.98. The van der Waals surface area contributed by atoms with E-state index >= 15 is 0 Å². The molecule has 0 fully saturated rings. The zero-order valence-electron chi connectivity index (χ0n) is 4.98. The molecule has 46 valence electrons. The van der Waals surface area contributed by atoms with Crippen LogP contribution < -0.4 is 10.9 Å². The van der Waals surface area contributed by atoms with E-state index in [0.29, 0.717) is 0 Å². The minimum atomic E-state index is 0.958. The highest BCUT2D eigenvalue weighted by Crippen LogP contribution is 1.89. The van der Waals surface area contributed by atoms with Crippen molar-refractivity contribution < 1.29 is 0 Å². The summed E-state index contributed by atoms with van der Waals surface area (Å²) in [4.78, 5) is 0. The molecule has 0 bridgehead atoms. The number of allylic oxidation sites excluding steroid dienone is 1. The van der Waals surface area contributed by atoms with E-state index < -0.39 is 0 Å². The van der Waals surface area contributed by atoms with Gasteiger partial charge in [-0.25, -0.2) is 0 Å². The van der Waals surface area contributed by atoms with Gasteiger partial charge < -0.3 is 0 Å². The monoisotopic (exact) mass is 112 g/mol. The van der Waals surface area contributed by atoms with E-state index in [1.54, 1.807) is 0 Å². The van der Waals surface area contributed by atoms with Crippen LogP contribution in [0.5, 0.6) is 0 Å². The summed E-state index contributed by atoms with van der Waals surface area (Å²) in [6, 6.07) is 0. The minimum absolute atomic E-state index is 0.958. The van der Waals surface area contributed by atoms with Crippen molar-refractivity contribution in [3.8, 4) is 0 Å². The Labute approximate surface area is 49.9 Å². The van der Waals surface area contributed by atoms with Gasteiger partial charge in [0.25, 0.3) is 0 Å². The van der Waals surface area contributed by atoms with Gasteiger partial charge in [-0.15, -0.1) is 0 Å². The van der Waals surface area contributed by atoms with Crippen LogP contribution in [-0.2, 0) is 0 Å². The van der Waals surface area contributed by atoms with Crippen LogP contribution in [0, 0.1) is 0 Å². The molecule has 1 aliphatic heterocycles. The molecular weight excluding hydrogens is 100 g/mol. The quantitative estimate of drug-likeness (QED) is 0.444. The normalized spacial score (nSPS) is 26.0. The van der Waals surface area contributed by atoms with Crippen molar-refractivity contribution in [1.29, 1.82) is 0 Å². The van der Waals surface area contributed by atoms with Crippen molar-refractivity contribution in [2.45, 2.75) is 12.8 Å². The number of hydrazine groups is 1. The molecule has 2 heteroatoms. The van der Waals surface area contributed by atoms with Gasteiger partial charge in [0.15, 0.2) is 0 Å². The lowest BCUT2D eigenvalue weighted by Gasteiger charge is -2.05. The van der Waals surface area contributed by atoms with E-state index in [4.69, 9.17) is 0 Å². The van der Waals surface area contributed by atoms with Crippen molar-refractivity contribution in [2.75, 3.05) is 13.1 Å². The van der Waals surface area contributed by atoms with Crippen molar-refractivity contribution in [1.82, 2.24) is 10.9 Å². The van der Waals surface area contributed by atoms with Crippen LogP contribution in [0.15, 0.2) is 12.2 Å². The van der Waals surface area contributed by atoms with E-state index in [2.05, 4.69) is 23.0 Å². The summed E-state index contributed by atoms with van der Waals surface area (Å²) in [6.07, 6.45) is 6.82. The van der Waals surface area contributed by atoms with Gasteiger partial charge in [0, 0.05) is 13.1 Å². The second-order valence-corrected chi connectivity index (χ2v) is 1.92. The maximum Gasteiger partial charge on any atom is 0.0280 e. The molecule has 2 N–H and O–H groups in total. The average molecular weight is 112 g/mol. The Morgan fingerprint density at radius 3 is 3.12 bits per heavy atom. The largest absolute Gasteiger partial charge is 0.258 e. The summed E-state index contributed by atoms with van der Waals surface area (Å²) >= 11 is 0. The molecule has 2 nitrogen and oxygen atoms in total. The highest BCUT2D eigenvalue weighted by molar-refractivity contribution is 4.84. The Balaban J connectivity index is 2.17. The average Bonchev–Trinajstić information content (AvgIpc) is 1.62. The molecule has 0 aromatic rings. The number of hydrogen-bond donors (Lipinski definition) is 2. The predicted octanol–water partition coefficient (Wildman–Crippen LogP) is 0.431. The summed E-state index contributed by atoms with van der Waals surface area (Å²) < 4.78 is 0. The van der Waals surface area contributed by atoms with Gasteiger partial charge in [-0.2, -0.15) is 0 Å². The van der Waals surface area contributed by atoms with Crippen LogP contribution in [0.4, 0.5) is 0 Å². The van der Waals surface area contributed by atoms with Crippen LogP contribution in [0.1, 0.15) is 12.8 Å². The predicted molar refractivity (Wildman–Crippen MR) is 34.4 cm³/mol. The molecule has 1 rings (SSSR count). The SMILES string of the molecule is C1=C\CNNCCC/1. The molecule has 0 spiro atoms. The van der Waals surface area contributed by atoms with E-state index in [9.17, 15) is 0 Å². The van der Waals surface area contributed by atoms with Crippen molar-refractivity contribution in [3.05, 3.63) is 12.2 Å². The molecule has 1 heterocycles. The lowest BCUT2D eigenvalue weighted by atomic mass is 10.3. The molecule has 0 amide bonds. The summed E-state index contributed by atoms with van der Waals surface area (Å²) in [5, 5.41) is 0. The number of nitrogens with one attached hydrogen (secondary N) is 2.